The van der Waals surface area contributed by atoms with Crippen LogP contribution in [-0.4, -0.2) is 5.78 Å². The molecule has 0 N–H and O–H groups in total. The number of carbonyl (C=O) groups is 1. The van der Waals surface area contributed by atoms with Crippen molar-refractivity contribution < 1.29 is 4.79 Å². The summed E-state index contributed by atoms with van der Waals surface area (Å²) in [6, 6.07) is 0. The fraction of sp³-hybridized carbons (Fsp3) is 0.643. The van der Waals surface area contributed by atoms with Crippen LogP contribution in [0.5, 0.6) is 0 Å². The molecule has 0 radical (unpaired) electrons. The molecule has 0 atom stereocenters. The number of carbonyl (C=O) groups excluding carboxylic acids is 1. The number of unbranched alkanes of at least 4 members (excludes halogenated alkanes) is 7. The second kappa shape index (κ2) is 11.2. The molecule has 0 saturated carbocycles. The van der Waals surface area contributed by atoms with Crippen LogP contribution in [0.2, 0.25) is 0 Å². The molecule has 1 nitrogen and oxygen atoms in total. The minimum Gasteiger partial charge on any atom is -0.295 e. The zero-order valence-electron chi connectivity index (χ0n) is 10.0. The van der Waals surface area contributed by atoms with E-state index in [2.05, 4.69) is 6.58 Å². The van der Waals surface area contributed by atoms with Crippen molar-refractivity contribution in [2.75, 3.05) is 0 Å². The molecule has 0 saturated heterocycles. The van der Waals surface area contributed by atoms with Gasteiger partial charge in [0.25, 0.3) is 0 Å². The summed E-state index contributed by atoms with van der Waals surface area (Å²) in [4.78, 5) is 10.6. The molecule has 0 aliphatic rings. The third kappa shape index (κ3) is 13.2. The van der Waals surface area contributed by atoms with Gasteiger partial charge in [-0.2, -0.15) is 0 Å². The van der Waals surface area contributed by atoms with Crippen molar-refractivity contribution in [3.8, 4) is 0 Å². The summed E-state index contributed by atoms with van der Waals surface area (Å²) < 4.78 is 0. The van der Waals surface area contributed by atoms with Crippen LogP contribution in [0.25, 0.3) is 0 Å². The average Bonchev–Trinajstić information content (AvgIpc) is 2.20. The fourth-order valence-electron chi connectivity index (χ4n) is 1.51. The first-order valence-electron chi connectivity index (χ1n) is 6.05. The van der Waals surface area contributed by atoms with Crippen molar-refractivity contribution in [1.29, 1.82) is 0 Å². The van der Waals surface area contributed by atoms with Crippen LogP contribution in [-0.2, 0) is 4.79 Å². The maximum Gasteiger partial charge on any atom is 0.152 e. The molecule has 0 rings (SSSR count). The summed E-state index contributed by atoms with van der Waals surface area (Å²) in [6.45, 7) is 5.30. The normalized spacial score (nSPS) is 10.7. The molecule has 0 aromatic carbocycles. The van der Waals surface area contributed by atoms with Crippen LogP contribution in [0, 0.1) is 0 Å². The summed E-state index contributed by atoms with van der Waals surface area (Å²) >= 11 is 0. The smallest absolute Gasteiger partial charge is 0.152 e. The first-order chi connectivity index (χ1) is 7.27. The standard InChI is InChI=1S/C14H24O/c1-3-4-5-6-7-8-9-10-11-12-13-14(2)15/h3,12-13H,1,4-11H2,2H3/b13-12+. The third-order valence-corrected chi connectivity index (χ3v) is 2.38. The number of ketones is 1. The Morgan fingerprint density at radius 2 is 1.53 bits per heavy atom. The lowest BCUT2D eigenvalue weighted by Gasteiger charge is -1.98. The number of hydrogen-bond acceptors (Lipinski definition) is 1. The summed E-state index contributed by atoms with van der Waals surface area (Å²) in [5, 5.41) is 0. The van der Waals surface area contributed by atoms with E-state index in [1.54, 1.807) is 13.0 Å². The molecular weight excluding hydrogens is 184 g/mol. The Labute approximate surface area is 94.3 Å². The summed E-state index contributed by atoms with van der Waals surface area (Å²) in [5.74, 6) is 0.152. The van der Waals surface area contributed by atoms with Crippen LogP contribution in [0.4, 0.5) is 0 Å². The van der Waals surface area contributed by atoms with Gasteiger partial charge in [-0.15, -0.1) is 6.58 Å². The van der Waals surface area contributed by atoms with Gasteiger partial charge in [-0.25, -0.2) is 0 Å². The topological polar surface area (TPSA) is 17.1 Å². The molecule has 0 unspecified atom stereocenters. The fourth-order valence-corrected chi connectivity index (χ4v) is 1.51. The van der Waals surface area contributed by atoms with E-state index in [0.717, 1.165) is 12.8 Å². The molecule has 0 aromatic heterocycles. The minimum absolute atomic E-state index is 0.152. The van der Waals surface area contributed by atoms with E-state index in [9.17, 15) is 4.79 Å². The molecule has 15 heavy (non-hydrogen) atoms. The van der Waals surface area contributed by atoms with Crippen molar-refractivity contribution in [3.63, 3.8) is 0 Å². The van der Waals surface area contributed by atoms with Crippen LogP contribution in [0.15, 0.2) is 24.8 Å². The summed E-state index contributed by atoms with van der Waals surface area (Å²) in [6.07, 6.45) is 15.6. The predicted molar refractivity (Wildman–Crippen MR) is 67.0 cm³/mol. The Bertz CT molecular complexity index is 192. The zero-order valence-corrected chi connectivity index (χ0v) is 10.0. The van der Waals surface area contributed by atoms with Crippen LogP contribution in [0.3, 0.4) is 0 Å². The van der Waals surface area contributed by atoms with Crippen LogP contribution >= 0.6 is 0 Å². The molecular formula is C14H24O. The Balaban J connectivity index is 3.05. The molecule has 0 heterocycles. The highest BCUT2D eigenvalue weighted by atomic mass is 16.1. The van der Waals surface area contributed by atoms with E-state index in [1.165, 1.54) is 38.5 Å². The molecule has 0 aliphatic heterocycles. The van der Waals surface area contributed by atoms with Crippen molar-refractivity contribution in [1.82, 2.24) is 0 Å². The van der Waals surface area contributed by atoms with Gasteiger partial charge >= 0.3 is 0 Å². The molecule has 1 heteroatoms. The Hall–Kier alpha value is -0.850. The second-order valence-electron chi connectivity index (χ2n) is 4.00. The SMILES string of the molecule is C=CCCCCCCCC/C=C/C(C)=O. The van der Waals surface area contributed by atoms with Gasteiger partial charge in [-0.1, -0.05) is 37.8 Å². The second-order valence-corrected chi connectivity index (χ2v) is 4.00. The van der Waals surface area contributed by atoms with Gasteiger partial charge in [0.05, 0.1) is 0 Å². The number of rotatable bonds is 10. The van der Waals surface area contributed by atoms with Crippen LogP contribution < -0.4 is 0 Å². The molecule has 0 spiro atoms. The largest absolute Gasteiger partial charge is 0.295 e. The van der Waals surface area contributed by atoms with E-state index in [1.807, 2.05) is 12.2 Å². The highest BCUT2D eigenvalue weighted by Crippen LogP contribution is 2.08. The molecule has 0 amide bonds. The van der Waals surface area contributed by atoms with Crippen molar-refractivity contribution >= 4 is 5.78 Å². The van der Waals surface area contributed by atoms with E-state index in [4.69, 9.17) is 0 Å². The Morgan fingerprint density at radius 3 is 2.07 bits per heavy atom. The predicted octanol–water partition coefficient (Wildman–Crippen LogP) is 4.44. The van der Waals surface area contributed by atoms with Gasteiger partial charge < -0.3 is 0 Å². The van der Waals surface area contributed by atoms with E-state index in [0.29, 0.717) is 0 Å². The Kier molecular flexibility index (Phi) is 10.6. The molecule has 0 bridgehead atoms. The lowest BCUT2D eigenvalue weighted by molar-refractivity contribution is -0.112. The van der Waals surface area contributed by atoms with Crippen molar-refractivity contribution in [2.45, 2.75) is 58.3 Å². The molecule has 86 valence electrons. The number of hydrogen-bond donors (Lipinski definition) is 0. The van der Waals surface area contributed by atoms with Gasteiger partial charge in [0, 0.05) is 0 Å². The zero-order chi connectivity index (χ0) is 11.4. The average molecular weight is 208 g/mol. The maximum atomic E-state index is 10.6. The van der Waals surface area contributed by atoms with Crippen LogP contribution in [0.1, 0.15) is 58.3 Å². The summed E-state index contributed by atoms with van der Waals surface area (Å²) in [7, 11) is 0. The van der Waals surface area contributed by atoms with E-state index < -0.39 is 0 Å². The van der Waals surface area contributed by atoms with Gasteiger partial charge in [-0.05, 0) is 38.7 Å². The quantitative estimate of drug-likeness (QED) is 0.295. The van der Waals surface area contributed by atoms with Gasteiger partial charge in [0.2, 0.25) is 0 Å². The van der Waals surface area contributed by atoms with Crippen molar-refractivity contribution in [2.24, 2.45) is 0 Å². The number of allylic oxidation sites excluding steroid dienone is 3. The third-order valence-electron chi connectivity index (χ3n) is 2.38. The van der Waals surface area contributed by atoms with E-state index in [-0.39, 0.29) is 5.78 Å². The molecule has 0 aliphatic carbocycles. The first kappa shape index (κ1) is 14.2. The minimum atomic E-state index is 0.152. The molecule has 0 fully saturated rings. The van der Waals surface area contributed by atoms with E-state index >= 15 is 0 Å². The van der Waals surface area contributed by atoms with Gasteiger partial charge in [-0.3, -0.25) is 4.79 Å². The highest BCUT2D eigenvalue weighted by molar-refractivity contribution is 5.87. The van der Waals surface area contributed by atoms with Gasteiger partial charge in [0.15, 0.2) is 5.78 Å². The Morgan fingerprint density at radius 1 is 1.00 bits per heavy atom. The maximum absolute atomic E-state index is 10.6. The lowest BCUT2D eigenvalue weighted by Crippen LogP contribution is -1.81. The summed E-state index contributed by atoms with van der Waals surface area (Å²) in [5.41, 5.74) is 0. The lowest BCUT2D eigenvalue weighted by atomic mass is 10.1. The first-order valence-corrected chi connectivity index (χ1v) is 6.05. The monoisotopic (exact) mass is 208 g/mol. The van der Waals surface area contributed by atoms with Gasteiger partial charge in [0.1, 0.15) is 0 Å². The highest BCUT2D eigenvalue weighted by Gasteiger charge is 1.89. The molecule has 0 aromatic rings. The van der Waals surface area contributed by atoms with Crippen molar-refractivity contribution in [3.05, 3.63) is 24.8 Å².